The minimum absolute atomic E-state index is 0.0145. The lowest BCUT2D eigenvalue weighted by Gasteiger charge is -2.13. The second-order valence-corrected chi connectivity index (χ2v) is 8.62. The highest BCUT2D eigenvalue weighted by Gasteiger charge is 2.09. The highest BCUT2D eigenvalue weighted by molar-refractivity contribution is 6.31. The Morgan fingerprint density at radius 1 is 1.06 bits per heavy atom. The van der Waals surface area contributed by atoms with Crippen LogP contribution in [0.2, 0.25) is 5.02 Å². The standard InChI is InChI=1S/C27H25ClN4O4/c1-36-23-15-20-14-19-7-8-21(28)16-24(19)31-27(20)25(17-23)29-12-2-3-13-30-26(33)11-6-18-4-9-22(10-5-18)32(34)35/h4-11,14-17,29H,2-3,12-13H2,1H3,(H,30,33)/b11-6+. The van der Waals surface area contributed by atoms with Crippen molar-refractivity contribution in [3.8, 4) is 5.75 Å². The van der Waals surface area contributed by atoms with Crippen molar-refractivity contribution in [2.45, 2.75) is 12.8 Å². The third kappa shape index (κ3) is 6.28. The molecule has 0 unspecified atom stereocenters. The van der Waals surface area contributed by atoms with Gasteiger partial charge in [0.1, 0.15) is 5.75 Å². The molecule has 4 rings (SSSR count). The van der Waals surface area contributed by atoms with Crippen LogP contribution < -0.4 is 15.4 Å². The van der Waals surface area contributed by atoms with Crippen LogP contribution in [0, 0.1) is 10.1 Å². The quantitative estimate of drug-likeness (QED) is 0.0904. The smallest absolute Gasteiger partial charge is 0.269 e. The highest BCUT2D eigenvalue weighted by atomic mass is 35.5. The molecule has 1 amide bonds. The first-order chi connectivity index (χ1) is 17.4. The number of aromatic nitrogens is 1. The molecule has 0 spiro atoms. The Kier molecular flexibility index (Phi) is 7.97. The van der Waals surface area contributed by atoms with E-state index in [9.17, 15) is 14.9 Å². The van der Waals surface area contributed by atoms with E-state index >= 15 is 0 Å². The number of carbonyl (C=O) groups is 1. The summed E-state index contributed by atoms with van der Waals surface area (Å²) in [7, 11) is 1.64. The van der Waals surface area contributed by atoms with Crippen LogP contribution in [-0.2, 0) is 4.79 Å². The van der Waals surface area contributed by atoms with Gasteiger partial charge in [-0.3, -0.25) is 14.9 Å². The SMILES string of the molecule is COc1cc(NCCCCNC(=O)/C=C/c2ccc([N+](=O)[O-])cc2)c2nc3cc(Cl)ccc3cc2c1. The molecule has 9 heteroatoms. The number of rotatable bonds is 10. The van der Waals surface area contributed by atoms with Crippen molar-refractivity contribution < 1.29 is 14.5 Å². The number of halogens is 1. The fourth-order valence-electron chi connectivity index (χ4n) is 3.76. The second-order valence-electron chi connectivity index (χ2n) is 8.18. The highest BCUT2D eigenvalue weighted by Crippen LogP contribution is 2.31. The zero-order valence-corrected chi connectivity index (χ0v) is 20.4. The summed E-state index contributed by atoms with van der Waals surface area (Å²) >= 11 is 6.15. The van der Waals surface area contributed by atoms with Gasteiger partial charge >= 0.3 is 0 Å². The van der Waals surface area contributed by atoms with E-state index in [4.69, 9.17) is 21.3 Å². The number of nitro groups is 1. The molecule has 4 aromatic rings. The van der Waals surface area contributed by atoms with Gasteiger partial charge in [0, 0.05) is 53.2 Å². The molecular formula is C27H25ClN4O4. The first-order valence-corrected chi connectivity index (χ1v) is 11.8. The number of carbonyl (C=O) groups excluding carboxylic acids is 1. The van der Waals surface area contributed by atoms with E-state index in [0.29, 0.717) is 23.7 Å². The Hall–Kier alpha value is -4.17. The number of methoxy groups -OCH3 is 1. The molecule has 8 nitrogen and oxygen atoms in total. The number of non-ortho nitro benzene ring substituents is 1. The molecule has 0 bridgehead atoms. The van der Waals surface area contributed by atoms with Crippen LogP contribution in [0.15, 0.2) is 66.7 Å². The lowest BCUT2D eigenvalue weighted by molar-refractivity contribution is -0.384. The molecule has 0 saturated carbocycles. The number of fused-ring (bicyclic) bond motifs is 2. The van der Waals surface area contributed by atoms with E-state index in [2.05, 4.69) is 16.7 Å². The van der Waals surface area contributed by atoms with Crippen LogP contribution in [0.5, 0.6) is 5.75 Å². The van der Waals surface area contributed by atoms with Gasteiger partial charge in [0.2, 0.25) is 5.91 Å². The Bertz CT molecular complexity index is 1440. The molecule has 1 aromatic heterocycles. The van der Waals surface area contributed by atoms with E-state index in [-0.39, 0.29) is 11.6 Å². The molecule has 0 fully saturated rings. The number of pyridine rings is 1. The molecule has 0 aliphatic rings. The molecule has 0 saturated heterocycles. The van der Waals surface area contributed by atoms with Crippen molar-refractivity contribution in [3.05, 3.63) is 87.4 Å². The van der Waals surface area contributed by atoms with Crippen molar-refractivity contribution in [2.24, 2.45) is 0 Å². The van der Waals surface area contributed by atoms with Crippen molar-refractivity contribution in [1.29, 1.82) is 0 Å². The summed E-state index contributed by atoms with van der Waals surface area (Å²) in [5, 5.41) is 19.6. The first kappa shape index (κ1) is 24.9. The van der Waals surface area contributed by atoms with E-state index in [1.54, 1.807) is 25.3 Å². The lowest BCUT2D eigenvalue weighted by atomic mass is 10.1. The number of benzene rings is 3. The van der Waals surface area contributed by atoms with Gasteiger partial charge in [-0.25, -0.2) is 4.98 Å². The van der Waals surface area contributed by atoms with Crippen molar-refractivity contribution in [3.63, 3.8) is 0 Å². The van der Waals surface area contributed by atoms with Crippen LogP contribution >= 0.6 is 11.6 Å². The van der Waals surface area contributed by atoms with Crippen LogP contribution in [0.25, 0.3) is 27.9 Å². The van der Waals surface area contributed by atoms with Crippen LogP contribution in [0.3, 0.4) is 0 Å². The van der Waals surface area contributed by atoms with Gasteiger partial charge in [-0.05, 0) is 60.9 Å². The maximum Gasteiger partial charge on any atom is 0.269 e. The van der Waals surface area contributed by atoms with Crippen LogP contribution in [-0.4, -0.2) is 36.0 Å². The van der Waals surface area contributed by atoms with Gasteiger partial charge < -0.3 is 15.4 Å². The van der Waals surface area contributed by atoms with Gasteiger partial charge in [0.15, 0.2) is 0 Å². The molecule has 36 heavy (non-hydrogen) atoms. The summed E-state index contributed by atoms with van der Waals surface area (Å²) < 4.78 is 5.46. The Labute approximate surface area is 213 Å². The molecule has 184 valence electrons. The average molecular weight is 505 g/mol. The second kappa shape index (κ2) is 11.5. The topological polar surface area (TPSA) is 106 Å². The molecule has 2 N–H and O–H groups in total. The first-order valence-electron chi connectivity index (χ1n) is 11.5. The zero-order valence-electron chi connectivity index (χ0n) is 19.7. The number of hydrogen-bond donors (Lipinski definition) is 2. The number of unbranched alkanes of at least 4 members (excludes halogenated alkanes) is 1. The van der Waals surface area contributed by atoms with E-state index in [0.717, 1.165) is 46.1 Å². The number of nitrogens with zero attached hydrogens (tertiary/aromatic N) is 2. The molecular weight excluding hydrogens is 480 g/mol. The van der Waals surface area contributed by atoms with Crippen LogP contribution in [0.1, 0.15) is 18.4 Å². The fraction of sp³-hybridized carbons (Fsp3) is 0.185. The Balaban J connectivity index is 1.29. The summed E-state index contributed by atoms with van der Waals surface area (Å²) in [6, 6.07) is 17.6. The molecule has 0 aliphatic heterocycles. The van der Waals surface area contributed by atoms with E-state index in [1.165, 1.54) is 18.2 Å². The van der Waals surface area contributed by atoms with Crippen molar-refractivity contribution in [1.82, 2.24) is 10.3 Å². The maximum atomic E-state index is 12.0. The van der Waals surface area contributed by atoms with E-state index in [1.807, 2.05) is 30.3 Å². The van der Waals surface area contributed by atoms with Crippen LogP contribution in [0.4, 0.5) is 11.4 Å². The number of nitrogens with one attached hydrogen (secondary N) is 2. The summed E-state index contributed by atoms with van der Waals surface area (Å²) in [4.78, 5) is 27.1. The monoisotopic (exact) mass is 504 g/mol. The van der Waals surface area contributed by atoms with Gasteiger partial charge in [0.05, 0.1) is 28.8 Å². The summed E-state index contributed by atoms with van der Waals surface area (Å²) in [6.07, 6.45) is 4.67. The molecule has 1 heterocycles. The molecule has 0 radical (unpaired) electrons. The molecule has 0 atom stereocenters. The Morgan fingerprint density at radius 2 is 1.83 bits per heavy atom. The molecule has 0 aliphatic carbocycles. The average Bonchev–Trinajstić information content (AvgIpc) is 2.88. The third-order valence-corrected chi connectivity index (χ3v) is 5.87. The van der Waals surface area contributed by atoms with Crippen molar-refractivity contribution >= 4 is 56.8 Å². The predicted octanol–water partition coefficient (Wildman–Crippen LogP) is 5.98. The number of ether oxygens (including phenoxy) is 1. The minimum Gasteiger partial charge on any atom is -0.497 e. The fourth-order valence-corrected chi connectivity index (χ4v) is 3.93. The number of nitro benzene ring substituents is 1. The van der Waals surface area contributed by atoms with E-state index < -0.39 is 4.92 Å². The number of hydrogen-bond acceptors (Lipinski definition) is 6. The maximum absolute atomic E-state index is 12.0. The van der Waals surface area contributed by atoms with Gasteiger partial charge in [-0.1, -0.05) is 17.7 Å². The van der Waals surface area contributed by atoms with Gasteiger partial charge in [-0.2, -0.15) is 0 Å². The van der Waals surface area contributed by atoms with Crippen molar-refractivity contribution in [2.75, 3.05) is 25.5 Å². The number of amides is 1. The predicted molar refractivity (Wildman–Crippen MR) is 144 cm³/mol. The summed E-state index contributed by atoms with van der Waals surface area (Å²) in [5.41, 5.74) is 3.28. The summed E-state index contributed by atoms with van der Waals surface area (Å²) in [6.45, 7) is 1.23. The Morgan fingerprint density at radius 3 is 2.58 bits per heavy atom. The van der Waals surface area contributed by atoms with Gasteiger partial charge in [0.25, 0.3) is 5.69 Å². The normalized spacial score (nSPS) is 11.2. The number of anilines is 1. The largest absolute Gasteiger partial charge is 0.497 e. The summed E-state index contributed by atoms with van der Waals surface area (Å²) in [5.74, 6) is 0.530. The minimum atomic E-state index is -0.458. The van der Waals surface area contributed by atoms with Gasteiger partial charge in [-0.15, -0.1) is 0 Å². The molecule has 3 aromatic carbocycles. The third-order valence-electron chi connectivity index (χ3n) is 5.63. The lowest BCUT2D eigenvalue weighted by Crippen LogP contribution is -2.22. The zero-order chi connectivity index (χ0) is 25.5.